The molecular weight excluding hydrogens is 178 g/mol. The Morgan fingerprint density at radius 1 is 1.45 bits per heavy atom. The van der Waals surface area contributed by atoms with E-state index in [2.05, 4.69) is 4.98 Å². The SMILES string of the molecule is Cc1cc2sc(Cl)cc2cn1. The van der Waals surface area contributed by atoms with E-state index in [1.54, 1.807) is 11.3 Å². The summed E-state index contributed by atoms with van der Waals surface area (Å²) < 4.78 is 2.04. The highest BCUT2D eigenvalue weighted by molar-refractivity contribution is 7.22. The normalized spacial score (nSPS) is 10.7. The Labute approximate surface area is 73.6 Å². The van der Waals surface area contributed by atoms with Gasteiger partial charge in [-0.25, -0.2) is 0 Å². The predicted molar refractivity (Wildman–Crippen MR) is 49.4 cm³/mol. The molecule has 2 heterocycles. The van der Waals surface area contributed by atoms with Gasteiger partial charge >= 0.3 is 0 Å². The molecular formula is C8H6ClNS. The highest BCUT2D eigenvalue weighted by atomic mass is 35.5. The van der Waals surface area contributed by atoms with Crippen molar-refractivity contribution in [2.24, 2.45) is 0 Å². The van der Waals surface area contributed by atoms with E-state index < -0.39 is 0 Å². The van der Waals surface area contributed by atoms with Gasteiger partial charge in [0, 0.05) is 22.0 Å². The van der Waals surface area contributed by atoms with Crippen LogP contribution in [-0.4, -0.2) is 4.98 Å². The molecule has 56 valence electrons. The maximum atomic E-state index is 5.83. The van der Waals surface area contributed by atoms with Crippen LogP contribution in [0.3, 0.4) is 0 Å². The number of aromatic nitrogens is 1. The molecule has 0 aliphatic rings. The molecule has 1 nitrogen and oxygen atoms in total. The van der Waals surface area contributed by atoms with Crippen molar-refractivity contribution in [2.45, 2.75) is 6.92 Å². The maximum Gasteiger partial charge on any atom is 0.0941 e. The number of hydrogen-bond acceptors (Lipinski definition) is 2. The molecule has 0 amide bonds. The van der Waals surface area contributed by atoms with Gasteiger partial charge in [0.05, 0.1) is 4.34 Å². The van der Waals surface area contributed by atoms with E-state index >= 15 is 0 Å². The molecule has 0 radical (unpaired) electrons. The van der Waals surface area contributed by atoms with E-state index in [1.807, 2.05) is 25.3 Å². The van der Waals surface area contributed by atoms with Gasteiger partial charge in [-0.3, -0.25) is 4.98 Å². The molecule has 0 aromatic carbocycles. The molecule has 0 saturated heterocycles. The molecule has 0 aliphatic carbocycles. The number of aryl methyl sites for hydroxylation is 1. The summed E-state index contributed by atoms with van der Waals surface area (Å²) in [5, 5.41) is 1.13. The number of thiophene rings is 1. The van der Waals surface area contributed by atoms with Gasteiger partial charge < -0.3 is 0 Å². The fraction of sp³-hybridized carbons (Fsp3) is 0.125. The Balaban J connectivity index is 2.82. The van der Waals surface area contributed by atoms with Gasteiger partial charge in [0.25, 0.3) is 0 Å². The summed E-state index contributed by atoms with van der Waals surface area (Å²) in [5.74, 6) is 0. The van der Waals surface area contributed by atoms with Crippen LogP contribution in [0.15, 0.2) is 18.3 Å². The van der Waals surface area contributed by atoms with Crippen LogP contribution < -0.4 is 0 Å². The summed E-state index contributed by atoms with van der Waals surface area (Å²) >= 11 is 7.42. The maximum absolute atomic E-state index is 5.83. The van der Waals surface area contributed by atoms with Crippen molar-refractivity contribution in [2.75, 3.05) is 0 Å². The first-order valence-corrected chi connectivity index (χ1v) is 4.47. The van der Waals surface area contributed by atoms with Crippen molar-refractivity contribution in [1.82, 2.24) is 4.98 Å². The molecule has 11 heavy (non-hydrogen) atoms. The third kappa shape index (κ3) is 1.24. The minimum Gasteiger partial charge on any atom is -0.261 e. The molecule has 0 bridgehead atoms. The van der Waals surface area contributed by atoms with Crippen molar-refractivity contribution in [1.29, 1.82) is 0 Å². The standard InChI is InChI=1S/C8H6ClNS/c1-5-2-7-6(4-10-5)3-8(9)11-7/h2-4H,1H3. The Kier molecular flexibility index (Phi) is 1.59. The molecule has 0 spiro atoms. The van der Waals surface area contributed by atoms with E-state index in [9.17, 15) is 0 Å². The van der Waals surface area contributed by atoms with Crippen LogP contribution in [0.4, 0.5) is 0 Å². The first-order chi connectivity index (χ1) is 5.25. The van der Waals surface area contributed by atoms with Crippen LogP contribution in [-0.2, 0) is 0 Å². The monoisotopic (exact) mass is 183 g/mol. The zero-order valence-corrected chi connectivity index (χ0v) is 7.54. The Morgan fingerprint density at radius 2 is 2.27 bits per heavy atom. The highest BCUT2D eigenvalue weighted by Crippen LogP contribution is 2.28. The molecule has 2 rings (SSSR count). The van der Waals surface area contributed by atoms with Crippen molar-refractivity contribution in [3.63, 3.8) is 0 Å². The van der Waals surface area contributed by atoms with Crippen LogP contribution in [0, 0.1) is 6.92 Å². The molecule has 0 saturated carbocycles. The van der Waals surface area contributed by atoms with Crippen LogP contribution in [0.2, 0.25) is 4.34 Å². The van der Waals surface area contributed by atoms with Crippen LogP contribution >= 0.6 is 22.9 Å². The van der Waals surface area contributed by atoms with Crippen molar-refractivity contribution >= 4 is 33.0 Å². The smallest absolute Gasteiger partial charge is 0.0941 e. The minimum atomic E-state index is 0.826. The number of halogens is 1. The second-order valence-corrected chi connectivity index (χ2v) is 4.13. The lowest BCUT2D eigenvalue weighted by atomic mass is 10.3. The molecule has 0 fully saturated rings. The molecule has 0 N–H and O–H groups in total. The van der Waals surface area contributed by atoms with E-state index in [0.29, 0.717) is 0 Å². The highest BCUT2D eigenvalue weighted by Gasteiger charge is 1.98. The van der Waals surface area contributed by atoms with Crippen molar-refractivity contribution in [3.05, 3.63) is 28.4 Å². The van der Waals surface area contributed by atoms with Gasteiger partial charge in [-0.1, -0.05) is 11.6 Å². The van der Waals surface area contributed by atoms with Gasteiger partial charge in [-0.15, -0.1) is 11.3 Å². The number of hydrogen-bond donors (Lipinski definition) is 0. The molecule has 0 aliphatic heterocycles. The first-order valence-electron chi connectivity index (χ1n) is 3.27. The number of rotatable bonds is 0. The third-order valence-electron chi connectivity index (χ3n) is 1.51. The van der Waals surface area contributed by atoms with E-state index in [0.717, 1.165) is 15.4 Å². The average molecular weight is 184 g/mol. The summed E-state index contributed by atoms with van der Waals surface area (Å²) in [7, 11) is 0. The average Bonchev–Trinajstić information content (AvgIpc) is 2.27. The number of nitrogens with zero attached hydrogens (tertiary/aromatic N) is 1. The van der Waals surface area contributed by atoms with Gasteiger partial charge in [0.1, 0.15) is 0 Å². The first kappa shape index (κ1) is 7.07. The number of pyridine rings is 1. The quantitative estimate of drug-likeness (QED) is 0.611. The lowest BCUT2D eigenvalue weighted by Crippen LogP contribution is -1.75. The van der Waals surface area contributed by atoms with Crippen LogP contribution in [0.1, 0.15) is 5.69 Å². The minimum absolute atomic E-state index is 0.826. The summed E-state index contributed by atoms with van der Waals surface area (Å²) in [4.78, 5) is 4.17. The predicted octanol–water partition coefficient (Wildman–Crippen LogP) is 3.26. The molecule has 2 aromatic rings. The topological polar surface area (TPSA) is 12.9 Å². The van der Waals surface area contributed by atoms with Crippen LogP contribution in [0.5, 0.6) is 0 Å². The second kappa shape index (κ2) is 2.47. The fourth-order valence-corrected chi connectivity index (χ4v) is 2.22. The van der Waals surface area contributed by atoms with Crippen molar-refractivity contribution in [3.8, 4) is 0 Å². The lowest BCUT2D eigenvalue weighted by Gasteiger charge is -1.89. The van der Waals surface area contributed by atoms with Gasteiger partial charge in [0.2, 0.25) is 0 Å². The summed E-state index contributed by atoms with van der Waals surface area (Å²) in [5.41, 5.74) is 1.04. The van der Waals surface area contributed by atoms with E-state index in [-0.39, 0.29) is 0 Å². The Morgan fingerprint density at radius 3 is 3.09 bits per heavy atom. The Bertz CT molecular complexity index is 394. The third-order valence-corrected chi connectivity index (χ3v) is 2.74. The van der Waals surface area contributed by atoms with E-state index in [1.165, 1.54) is 4.70 Å². The zero-order chi connectivity index (χ0) is 7.84. The van der Waals surface area contributed by atoms with Gasteiger partial charge in [-0.05, 0) is 19.1 Å². The molecule has 0 atom stereocenters. The lowest BCUT2D eigenvalue weighted by molar-refractivity contribution is 1.23. The summed E-state index contributed by atoms with van der Waals surface area (Å²) in [6.45, 7) is 1.98. The molecule has 3 heteroatoms. The number of fused-ring (bicyclic) bond motifs is 1. The van der Waals surface area contributed by atoms with Gasteiger partial charge in [-0.2, -0.15) is 0 Å². The summed E-state index contributed by atoms with van der Waals surface area (Å²) in [6, 6.07) is 3.99. The molecule has 2 aromatic heterocycles. The largest absolute Gasteiger partial charge is 0.261 e. The Hall–Kier alpha value is -0.600. The zero-order valence-electron chi connectivity index (χ0n) is 5.97. The molecule has 0 unspecified atom stereocenters. The van der Waals surface area contributed by atoms with Crippen LogP contribution in [0.25, 0.3) is 10.1 Å². The van der Waals surface area contributed by atoms with Gasteiger partial charge in [0.15, 0.2) is 0 Å². The van der Waals surface area contributed by atoms with Crippen molar-refractivity contribution < 1.29 is 0 Å². The summed E-state index contributed by atoms with van der Waals surface area (Å²) in [6.07, 6.45) is 1.85. The fourth-order valence-electron chi connectivity index (χ4n) is 0.999. The second-order valence-electron chi connectivity index (χ2n) is 2.41. The van der Waals surface area contributed by atoms with E-state index in [4.69, 9.17) is 11.6 Å².